The Morgan fingerprint density at radius 1 is 0.160 bits per heavy atom. The normalized spacial score (nSPS) is 16.0. The van der Waals surface area contributed by atoms with Gasteiger partial charge < -0.3 is 0 Å². The lowest BCUT2D eigenvalue weighted by molar-refractivity contribution is 0.254. The van der Waals surface area contributed by atoms with Crippen molar-refractivity contribution in [2.45, 2.75) is 76.0 Å². The van der Waals surface area contributed by atoms with Gasteiger partial charge in [-0.1, -0.05) is 367 Å². The molecule has 4 heterocycles. The van der Waals surface area contributed by atoms with Crippen LogP contribution in [0.1, 0.15) is 117 Å². The SMILES string of the molecule is CCc1ccccc1C1(C2(c3ccccc3CC)N=C(c3ccccc3)C(c3ccccc3)=N2)N=C(c2ccccc2)C(c2ccccc2)=N1.CCc1ccccc1C1(C2(c3ccccc3CC)N=C(c3ccccc3)C(c3ccccc3)=N2)N=C(c2ccccc2)C(c2ccccc2)=N1. The maximum atomic E-state index is 5.89. The Balaban J connectivity index is 0.000000162. The maximum Gasteiger partial charge on any atom is 0.226 e. The molecule has 0 saturated carbocycles. The fourth-order valence-corrected chi connectivity index (χ4v) is 14.7. The Hall–Kier alpha value is -12.0. The summed E-state index contributed by atoms with van der Waals surface area (Å²) in [6.07, 6.45) is 3.22. The molecular formula is C92H76N8. The van der Waals surface area contributed by atoms with E-state index in [2.05, 4.69) is 319 Å². The second-order valence-electron chi connectivity index (χ2n) is 25.3. The highest BCUT2D eigenvalue weighted by molar-refractivity contribution is 6.57. The van der Waals surface area contributed by atoms with Crippen molar-refractivity contribution in [2.24, 2.45) is 39.9 Å². The van der Waals surface area contributed by atoms with Crippen LogP contribution in [0.3, 0.4) is 0 Å². The Labute approximate surface area is 587 Å². The lowest BCUT2D eigenvalue weighted by atomic mass is 9.78. The average Bonchev–Trinajstić information content (AvgIpc) is 1.45. The summed E-state index contributed by atoms with van der Waals surface area (Å²) in [5, 5.41) is 0. The van der Waals surface area contributed by atoms with Gasteiger partial charge in [-0.05, 0) is 47.9 Å². The molecule has 484 valence electrons. The number of aryl methyl sites for hydroxylation is 4. The summed E-state index contributed by atoms with van der Waals surface area (Å²) in [5.41, 5.74) is 18.2. The van der Waals surface area contributed by atoms with E-state index in [0.717, 1.165) is 160 Å². The molecule has 0 N–H and O–H groups in total. The van der Waals surface area contributed by atoms with E-state index in [-0.39, 0.29) is 0 Å². The van der Waals surface area contributed by atoms with Crippen molar-refractivity contribution in [1.82, 2.24) is 0 Å². The third kappa shape index (κ3) is 11.3. The molecule has 0 amide bonds. The molecular weight excluding hydrogens is 1220 g/mol. The van der Waals surface area contributed by atoms with Gasteiger partial charge in [-0.15, -0.1) is 0 Å². The van der Waals surface area contributed by atoms with Crippen LogP contribution in [-0.2, 0) is 48.3 Å². The Bertz CT molecular complexity index is 4310. The number of hydrogen-bond donors (Lipinski definition) is 0. The first kappa shape index (κ1) is 64.0. The van der Waals surface area contributed by atoms with Crippen molar-refractivity contribution in [3.05, 3.63) is 429 Å². The summed E-state index contributed by atoms with van der Waals surface area (Å²) in [4.78, 5) is 47.1. The smallest absolute Gasteiger partial charge is 0.226 e. The van der Waals surface area contributed by atoms with Crippen molar-refractivity contribution in [3.63, 3.8) is 0 Å². The van der Waals surface area contributed by atoms with Crippen molar-refractivity contribution in [1.29, 1.82) is 0 Å². The highest BCUT2D eigenvalue weighted by Gasteiger charge is 2.63. The van der Waals surface area contributed by atoms with Crippen LogP contribution in [0.25, 0.3) is 0 Å². The van der Waals surface area contributed by atoms with Gasteiger partial charge >= 0.3 is 0 Å². The number of nitrogens with zero attached hydrogens (tertiary/aromatic N) is 8. The first-order valence-corrected chi connectivity index (χ1v) is 34.9. The number of rotatable bonds is 18. The predicted molar refractivity (Wildman–Crippen MR) is 414 cm³/mol. The van der Waals surface area contributed by atoms with Crippen molar-refractivity contribution < 1.29 is 0 Å². The summed E-state index contributed by atoms with van der Waals surface area (Å²) in [6.45, 7) is 8.79. The molecule has 4 aliphatic heterocycles. The van der Waals surface area contributed by atoms with Gasteiger partial charge in [0.05, 0.1) is 45.7 Å². The minimum Gasteiger partial charge on any atom is -0.243 e. The molecule has 0 spiro atoms. The molecule has 0 radical (unpaired) electrons. The van der Waals surface area contributed by atoms with E-state index in [0.29, 0.717) is 0 Å². The van der Waals surface area contributed by atoms with Crippen LogP contribution in [0, 0.1) is 0 Å². The molecule has 100 heavy (non-hydrogen) atoms. The molecule has 0 unspecified atom stereocenters. The van der Waals surface area contributed by atoms with Gasteiger partial charge in [0.1, 0.15) is 0 Å². The van der Waals surface area contributed by atoms with Gasteiger partial charge in [0.2, 0.25) is 22.7 Å². The first-order chi connectivity index (χ1) is 49.3. The lowest BCUT2D eigenvalue weighted by Crippen LogP contribution is -2.44. The zero-order valence-corrected chi connectivity index (χ0v) is 56.7. The summed E-state index contributed by atoms with van der Waals surface area (Å²) in [5.74, 6) is 0. The summed E-state index contributed by atoms with van der Waals surface area (Å²) in [7, 11) is 0. The standard InChI is InChI=1S/2C46H38N4/c2*1-3-33-21-17-19-31-39(33)45(47-41(35-23-9-5-10-24-35)42(48-45)36-25-11-6-12-26-36)46(40-32-20-18-22-34(40)4-2)49-43(37-27-13-7-14-28-37)44(50-46)38-29-15-8-16-30-38/h2*5-32H,3-4H2,1-2H3. The fraction of sp³-hybridized carbons (Fsp3) is 0.130. The van der Waals surface area contributed by atoms with Crippen molar-refractivity contribution >= 4 is 45.7 Å². The van der Waals surface area contributed by atoms with Gasteiger partial charge in [0, 0.05) is 66.8 Å². The highest BCUT2D eigenvalue weighted by atomic mass is 15.3. The highest BCUT2D eigenvalue weighted by Crippen LogP contribution is 2.58. The van der Waals surface area contributed by atoms with Crippen LogP contribution in [0.5, 0.6) is 0 Å². The van der Waals surface area contributed by atoms with Crippen LogP contribution in [0.4, 0.5) is 0 Å². The number of benzene rings is 12. The van der Waals surface area contributed by atoms with Crippen LogP contribution < -0.4 is 0 Å². The Kier molecular flexibility index (Phi) is 17.8. The molecule has 4 aliphatic rings. The predicted octanol–water partition coefficient (Wildman–Crippen LogP) is 19.6. The van der Waals surface area contributed by atoms with Gasteiger partial charge in [-0.3, -0.25) is 0 Å². The summed E-state index contributed by atoms with van der Waals surface area (Å²) < 4.78 is 0. The minimum atomic E-state index is -1.28. The molecule has 0 aromatic heterocycles. The lowest BCUT2D eigenvalue weighted by Gasteiger charge is -2.40. The Morgan fingerprint density at radius 2 is 0.280 bits per heavy atom. The van der Waals surface area contributed by atoms with Gasteiger partial charge in [0.15, 0.2) is 0 Å². The van der Waals surface area contributed by atoms with Gasteiger partial charge in [-0.25, -0.2) is 39.9 Å². The van der Waals surface area contributed by atoms with Crippen LogP contribution in [0.2, 0.25) is 0 Å². The fourth-order valence-electron chi connectivity index (χ4n) is 14.7. The minimum absolute atomic E-state index is 0.806. The van der Waals surface area contributed by atoms with Crippen LogP contribution in [-0.4, -0.2) is 45.7 Å². The monoisotopic (exact) mass is 1290 g/mol. The van der Waals surface area contributed by atoms with E-state index in [1.807, 2.05) is 48.5 Å². The van der Waals surface area contributed by atoms with Crippen molar-refractivity contribution in [3.8, 4) is 0 Å². The number of aliphatic imine (C=N–C) groups is 8. The Morgan fingerprint density at radius 3 is 0.410 bits per heavy atom. The largest absolute Gasteiger partial charge is 0.243 e. The average molecular weight is 1290 g/mol. The molecule has 8 heteroatoms. The molecule has 0 atom stereocenters. The number of hydrogen-bond acceptors (Lipinski definition) is 8. The molecule has 0 bridgehead atoms. The van der Waals surface area contributed by atoms with Crippen LogP contribution in [0.15, 0.2) is 380 Å². The molecule has 12 aromatic carbocycles. The third-order valence-electron chi connectivity index (χ3n) is 19.5. The molecule has 0 fully saturated rings. The van der Waals surface area contributed by atoms with Gasteiger partial charge in [-0.2, -0.15) is 0 Å². The van der Waals surface area contributed by atoms with Crippen molar-refractivity contribution in [2.75, 3.05) is 0 Å². The van der Waals surface area contributed by atoms with Crippen LogP contribution >= 0.6 is 0 Å². The molecule has 0 saturated heterocycles. The van der Waals surface area contributed by atoms with Gasteiger partial charge in [0.25, 0.3) is 0 Å². The second kappa shape index (κ2) is 27.9. The summed E-state index contributed by atoms with van der Waals surface area (Å²) >= 11 is 0. The van der Waals surface area contributed by atoms with E-state index in [1.165, 1.54) is 0 Å². The van der Waals surface area contributed by atoms with E-state index >= 15 is 0 Å². The second-order valence-corrected chi connectivity index (χ2v) is 25.3. The first-order valence-electron chi connectivity index (χ1n) is 34.9. The van der Waals surface area contributed by atoms with E-state index in [4.69, 9.17) is 39.9 Å². The maximum absolute atomic E-state index is 5.89. The molecule has 16 rings (SSSR count). The molecule has 8 nitrogen and oxygen atoms in total. The quantitative estimate of drug-likeness (QED) is 0.0818. The zero-order chi connectivity index (χ0) is 67.9. The molecule has 0 aliphatic carbocycles. The molecule has 12 aromatic rings. The topological polar surface area (TPSA) is 98.9 Å². The zero-order valence-electron chi connectivity index (χ0n) is 56.7. The third-order valence-corrected chi connectivity index (χ3v) is 19.5. The van der Waals surface area contributed by atoms with E-state index in [1.54, 1.807) is 0 Å². The van der Waals surface area contributed by atoms with E-state index in [9.17, 15) is 0 Å². The summed E-state index contributed by atoms with van der Waals surface area (Å²) in [6, 6.07) is 118. The van der Waals surface area contributed by atoms with E-state index < -0.39 is 22.7 Å².